The fourth-order valence-corrected chi connectivity index (χ4v) is 2.36. The number of benzene rings is 2. The molecular formula is C18H21ClN2OS. The summed E-state index contributed by atoms with van der Waals surface area (Å²) in [6, 6.07) is 13.8. The summed E-state index contributed by atoms with van der Waals surface area (Å²) in [6.07, 6.45) is 0.178. The molecule has 0 aromatic heterocycles. The van der Waals surface area contributed by atoms with Crippen LogP contribution in [-0.2, 0) is 6.54 Å². The van der Waals surface area contributed by atoms with Gasteiger partial charge in [-0.25, -0.2) is 0 Å². The Morgan fingerprint density at radius 2 is 1.87 bits per heavy atom. The van der Waals surface area contributed by atoms with Crippen molar-refractivity contribution in [1.29, 1.82) is 0 Å². The van der Waals surface area contributed by atoms with Crippen molar-refractivity contribution in [2.24, 2.45) is 0 Å². The molecule has 0 fully saturated rings. The zero-order valence-corrected chi connectivity index (χ0v) is 15.1. The number of anilines is 1. The van der Waals surface area contributed by atoms with Crippen molar-refractivity contribution in [3.8, 4) is 5.75 Å². The summed E-state index contributed by atoms with van der Waals surface area (Å²) in [6.45, 7) is 6.64. The SMILES string of the molecule is Cc1ccc(NC(=S)NCc2ccc(OC(C)C)cc2)cc1Cl. The zero-order valence-electron chi connectivity index (χ0n) is 13.5. The molecule has 0 unspecified atom stereocenters. The maximum Gasteiger partial charge on any atom is 0.171 e. The highest BCUT2D eigenvalue weighted by Crippen LogP contribution is 2.20. The van der Waals surface area contributed by atoms with Crippen LogP contribution in [0.25, 0.3) is 0 Å². The predicted octanol–water partition coefficient (Wildman–Crippen LogP) is 4.92. The van der Waals surface area contributed by atoms with Gasteiger partial charge in [-0.3, -0.25) is 0 Å². The number of hydrogen-bond donors (Lipinski definition) is 2. The summed E-state index contributed by atoms with van der Waals surface area (Å²) >= 11 is 11.4. The molecule has 2 N–H and O–H groups in total. The Labute approximate surface area is 148 Å². The van der Waals surface area contributed by atoms with Gasteiger partial charge in [-0.2, -0.15) is 0 Å². The van der Waals surface area contributed by atoms with Crippen LogP contribution in [0.3, 0.4) is 0 Å². The molecule has 0 amide bonds. The molecule has 0 saturated carbocycles. The minimum absolute atomic E-state index is 0.178. The van der Waals surface area contributed by atoms with E-state index in [2.05, 4.69) is 10.6 Å². The molecule has 0 aliphatic rings. The van der Waals surface area contributed by atoms with E-state index < -0.39 is 0 Å². The van der Waals surface area contributed by atoms with Crippen LogP contribution >= 0.6 is 23.8 Å². The van der Waals surface area contributed by atoms with E-state index in [1.54, 1.807) is 0 Å². The minimum atomic E-state index is 0.178. The van der Waals surface area contributed by atoms with Gasteiger partial charge in [0.25, 0.3) is 0 Å². The smallest absolute Gasteiger partial charge is 0.171 e. The second-order valence-corrected chi connectivity index (χ2v) is 6.40. The molecule has 23 heavy (non-hydrogen) atoms. The molecule has 0 atom stereocenters. The van der Waals surface area contributed by atoms with Crippen LogP contribution in [0.4, 0.5) is 5.69 Å². The van der Waals surface area contributed by atoms with Crippen LogP contribution in [0.5, 0.6) is 5.75 Å². The first kappa shape index (κ1) is 17.6. The molecule has 0 heterocycles. The maximum absolute atomic E-state index is 6.11. The number of nitrogens with one attached hydrogen (secondary N) is 2. The van der Waals surface area contributed by atoms with Gasteiger partial charge in [0.15, 0.2) is 5.11 Å². The lowest BCUT2D eigenvalue weighted by molar-refractivity contribution is 0.242. The number of thiocarbonyl (C=S) groups is 1. The number of rotatable bonds is 5. The van der Waals surface area contributed by atoms with Crippen LogP contribution in [0.15, 0.2) is 42.5 Å². The molecule has 0 aliphatic carbocycles. The fraction of sp³-hybridized carbons (Fsp3) is 0.278. The van der Waals surface area contributed by atoms with E-state index in [-0.39, 0.29) is 6.10 Å². The van der Waals surface area contributed by atoms with Crippen LogP contribution < -0.4 is 15.4 Å². The van der Waals surface area contributed by atoms with Gasteiger partial charge < -0.3 is 15.4 Å². The third kappa shape index (κ3) is 5.73. The molecule has 122 valence electrons. The summed E-state index contributed by atoms with van der Waals surface area (Å²) in [5, 5.41) is 7.59. The van der Waals surface area contributed by atoms with E-state index >= 15 is 0 Å². The van der Waals surface area contributed by atoms with Gasteiger partial charge in [-0.1, -0.05) is 29.8 Å². The minimum Gasteiger partial charge on any atom is -0.491 e. The lowest BCUT2D eigenvalue weighted by Crippen LogP contribution is -2.27. The zero-order chi connectivity index (χ0) is 16.8. The molecule has 2 aromatic rings. The lowest BCUT2D eigenvalue weighted by Gasteiger charge is -2.12. The first-order valence-corrected chi connectivity index (χ1v) is 8.29. The van der Waals surface area contributed by atoms with Crippen LogP contribution in [0, 0.1) is 6.92 Å². The Bertz CT molecular complexity index is 671. The highest BCUT2D eigenvalue weighted by atomic mass is 35.5. The summed E-state index contributed by atoms with van der Waals surface area (Å²) in [5.74, 6) is 0.874. The van der Waals surface area contributed by atoms with Crippen LogP contribution in [-0.4, -0.2) is 11.2 Å². The highest BCUT2D eigenvalue weighted by molar-refractivity contribution is 7.80. The van der Waals surface area contributed by atoms with Crippen LogP contribution in [0.2, 0.25) is 5.02 Å². The molecule has 3 nitrogen and oxygen atoms in total. The lowest BCUT2D eigenvalue weighted by atomic mass is 10.2. The molecule has 0 bridgehead atoms. The van der Waals surface area contributed by atoms with Crippen molar-refractivity contribution in [2.45, 2.75) is 33.4 Å². The predicted molar refractivity (Wildman–Crippen MR) is 101 cm³/mol. The van der Waals surface area contributed by atoms with E-state index in [9.17, 15) is 0 Å². The normalized spacial score (nSPS) is 10.5. The van der Waals surface area contributed by atoms with Gasteiger partial charge in [-0.05, 0) is 68.4 Å². The third-order valence-electron chi connectivity index (χ3n) is 3.18. The van der Waals surface area contributed by atoms with E-state index in [0.717, 1.165) is 27.6 Å². The fourth-order valence-electron chi connectivity index (χ4n) is 1.99. The van der Waals surface area contributed by atoms with E-state index in [0.29, 0.717) is 11.7 Å². The summed E-state index contributed by atoms with van der Waals surface area (Å²) in [5.41, 5.74) is 3.05. The molecular weight excluding hydrogens is 328 g/mol. The quantitative estimate of drug-likeness (QED) is 0.751. The van der Waals surface area contributed by atoms with Crippen LogP contribution in [0.1, 0.15) is 25.0 Å². The van der Waals surface area contributed by atoms with Gasteiger partial charge in [0, 0.05) is 17.3 Å². The average molecular weight is 349 g/mol. The second-order valence-electron chi connectivity index (χ2n) is 5.58. The third-order valence-corrected chi connectivity index (χ3v) is 3.83. The molecule has 0 aliphatic heterocycles. The molecule has 0 spiro atoms. The van der Waals surface area contributed by atoms with E-state index in [1.807, 2.05) is 63.2 Å². The number of hydrogen-bond acceptors (Lipinski definition) is 2. The van der Waals surface area contributed by atoms with Gasteiger partial charge in [0.05, 0.1) is 6.10 Å². The Morgan fingerprint density at radius 3 is 2.48 bits per heavy atom. The topological polar surface area (TPSA) is 33.3 Å². The maximum atomic E-state index is 6.11. The van der Waals surface area contributed by atoms with E-state index in [1.165, 1.54) is 0 Å². The average Bonchev–Trinajstić information content (AvgIpc) is 2.50. The van der Waals surface area contributed by atoms with Crippen molar-refractivity contribution in [3.63, 3.8) is 0 Å². The Balaban J connectivity index is 1.85. The second kappa shape index (κ2) is 8.18. The summed E-state index contributed by atoms with van der Waals surface area (Å²) in [7, 11) is 0. The molecule has 5 heteroatoms. The highest BCUT2D eigenvalue weighted by Gasteiger charge is 2.02. The first-order valence-electron chi connectivity index (χ1n) is 7.50. The molecule has 2 rings (SSSR count). The molecule has 2 aromatic carbocycles. The Hall–Kier alpha value is -1.78. The Kier molecular flexibility index (Phi) is 6.25. The Morgan fingerprint density at radius 1 is 1.17 bits per heavy atom. The van der Waals surface area contributed by atoms with Gasteiger partial charge >= 0.3 is 0 Å². The number of halogens is 1. The van der Waals surface area contributed by atoms with Gasteiger partial charge in [-0.15, -0.1) is 0 Å². The van der Waals surface area contributed by atoms with Gasteiger partial charge in [0.1, 0.15) is 5.75 Å². The van der Waals surface area contributed by atoms with Crippen molar-refractivity contribution in [2.75, 3.05) is 5.32 Å². The number of ether oxygens (including phenoxy) is 1. The monoisotopic (exact) mass is 348 g/mol. The standard InChI is InChI=1S/C18H21ClN2OS/c1-12(2)22-16-8-5-14(6-9-16)11-20-18(23)21-15-7-4-13(3)17(19)10-15/h4-10,12H,11H2,1-3H3,(H2,20,21,23). The van der Waals surface area contributed by atoms with Crippen molar-refractivity contribution >= 4 is 34.6 Å². The summed E-state index contributed by atoms with van der Waals surface area (Å²) in [4.78, 5) is 0. The van der Waals surface area contributed by atoms with Crippen molar-refractivity contribution < 1.29 is 4.74 Å². The molecule has 0 radical (unpaired) electrons. The largest absolute Gasteiger partial charge is 0.491 e. The van der Waals surface area contributed by atoms with Crippen molar-refractivity contribution in [3.05, 3.63) is 58.6 Å². The van der Waals surface area contributed by atoms with Gasteiger partial charge in [0.2, 0.25) is 0 Å². The number of aryl methyl sites for hydroxylation is 1. The van der Waals surface area contributed by atoms with Crippen molar-refractivity contribution in [1.82, 2.24) is 5.32 Å². The molecule has 0 saturated heterocycles. The first-order chi connectivity index (χ1) is 10.9. The van der Waals surface area contributed by atoms with E-state index in [4.69, 9.17) is 28.6 Å². The summed E-state index contributed by atoms with van der Waals surface area (Å²) < 4.78 is 5.62.